The summed E-state index contributed by atoms with van der Waals surface area (Å²) in [4.78, 5) is 1.40. The van der Waals surface area contributed by atoms with Gasteiger partial charge < -0.3 is 10.1 Å². The third-order valence-electron chi connectivity index (χ3n) is 3.73. The number of thiophene rings is 1. The molecule has 0 amide bonds. The molecule has 3 rings (SSSR count). The second-order valence-corrected chi connectivity index (χ2v) is 6.58. The lowest BCUT2D eigenvalue weighted by Crippen LogP contribution is -2.38. The molecule has 0 saturated carbocycles. The zero-order valence-corrected chi connectivity index (χ0v) is 12.4. The zero-order valence-electron chi connectivity index (χ0n) is 11.6. The first-order valence-corrected chi connectivity index (χ1v) is 7.50. The summed E-state index contributed by atoms with van der Waals surface area (Å²) in [6.45, 7) is 7.35. The van der Waals surface area contributed by atoms with Gasteiger partial charge in [-0.1, -0.05) is 18.2 Å². The molecule has 1 aromatic heterocycles. The van der Waals surface area contributed by atoms with Crippen LogP contribution in [0.4, 0.5) is 0 Å². The van der Waals surface area contributed by atoms with Crippen LogP contribution in [0, 0.1) is 6.92 Å². The van der Waals surface area contributed by atoms with E-state index in [1.807, 2.05) is 17.4 Å². The van der Waals surface area contributed by atoms with Crippen LogP contribution in [0.1, 0.15) is 35.9 Å². The Morgan fingerprint density at radius 3 is 2.79 bits per heavy atom. The zero-order chi connectivity index (χ0) is 13.5. The van der Waals surface area contributed by atoms with Crippen LogP contribution in [0.3, 0.4) is 0 Å². The summed E-state index contributed by atoms with van der Waals surface area (Å²) in [5, 5.41) is 5.81. The number of aryl methyl sites for hydroxylation is 1. The fourth-order valence-corrected chi connectivity index (χ4v) is 3.52. The Kier molecular flexibility index (Phi) is 3.11. The van der Waals surface area contributed by atoms with Gasteiger partial charge in [-0.25, -0.2) is 0 Å². The van der Waals surface area contributed by atoms with E-state index in [9.17, 15) is 0 Å². The molecule has 0 radical (unpaired) electrons. The Labute approximate surface area is 118 Å². The molecule has 0 aliphatic carbocycles. The summed E-state index contributed by atoms with van der Waals surface area (Å²) in [5.41, 5.74) is 2.43. The van der Waals surface area contributed by atoms with Crippen molar-refractivity contribution in [1.82, 2.24) is 5.32 Å². The van der Waals surface area contributed by atoms with Crippen molar-refractivity contribution in [2.75, 3.05) is 0 Å². The Morgan fingerprint density at radius 1 is 1.26 bits per heavy atom. The summed E-state index contributed by atoms with van der Waals surface area (Å²) in [5.74, 6) is 1.01. The first-order valence-electron chi connectivity index (χ1n) is 6.62. The fraction of sp³-hybridized carbons (Fsp3) is 0.375. The monoisotopic (exact) mass is 273 g/mol. The molecular weight excluding hydrogens is 254 g/mol. The van der Waals surface area contributed by atoms with Crippen molar-refractivity contribution in [1.29, 1.82) is 0 Å². The van der Waals surface area contributed by atoms with Crippen LogP contribution in [0.5, 0.6) is 5.75 Å². The predicted molar refractivity (Wildman–Crippen MR) is 79.8 cm³/mol. The van der Waals surface area contributed by atoms with E-state index in [4.69, 9.17) is 4.74 Å². The summed E-state index contributed by atoms with van der Waals surface area (Å²) in [6, 6.07) is 10.7. The van der Waals surface area contributed by atoms with E-state index in [-0.39, 0.29) is 11.6 Å². The van der Waals surface area contributed by atoms with Crippen molar-refractivity contribution in [2.24, 2.45) is 0 Å². The van der Waals surface area contributed by atoms with Crippen LogP contribution in [0.25, 0.3) is 0 Å². The van der Waals surface area contributed by atoms with E-state index in [0.717, 1.165) is 12.3 Å². The fourth-order valence-electron chi connectivity index (χ4n) is 2.66. The van der Waals surface area contributed by atoms with Gasteiger partial charge in [-0.15, -0.1) is 11.3 Å². The third kappa shape index (κ3) is 2.28. The standard InChI is InChI=1S/C16H19NOS/c1-11-8-9-19-14(11)10-17-15-12-6-4-5-7-13(12)18-16(15,2)3/h4-9,15,17H,10H2,1-3H3. The van der Waals surface area contributed by atoms with Gasteiger partial charge in [0.2, 0.25) is 0 Å². The molecular formula is C16H19NOS. The molecule has 0 fully saturated rings. The topological polar surface area (TPSA) is 21.3 Å². The Hall–Kier alpha value is -1.32. The molecule has 1 unspecified atom stereocenters. The molecule has 0 saturated heterocycles. The maximum atomic E-state index is 6.05. The van der Waals surface area contributed by atoms with Gasteiger partial charge in [0.25, 0.3) is 0 Å². The minimum atomic E-state index is -0.200. The van der Waals surface area contributed by atoms with Crippen LogP contribution in [0.2, 0.25) is 0 Å². The molecule has 100 valence electrons. The number of hydrogen-bond donors (Lipinski definition) is 1. The van der Waals surface area contributed by atoms with Gasteiger partial charge in [-0.05, 0) is 43.8 Å². The van der Waals surface area contributed by atoms with E-state index in [1.165, 1.54) is 16.0 Å². The van der Waals surface area contributed by atoms with Crippen LogP contribution in [-0.4, -0.2) is 5.60 Å². The minimum Gasteiger partial charge on any atom is -0.486 e. The Bertz CT molecular complexity index is 588. The number of rotatable bonds is 3. The van der Waals surface area contributed by atoms with E-state index in [1.54, 1.807) is 0 Å². The highest BCUT2D eigenvalue weighted by molar-refractivity contribution is 7.10. The van der Waals surface area contributed by atoms with Crippen LogP contribution in [0.15, 0.2) is 35.7 Å². The molecule has 3 heteroatoms. The Morgan fingerprint density at radius 2 is 2.05 bits per heavy atom. The van der Waals surface area contributed by atoms with Gasteiger partial charge >= 0.3 is 0 Å². The highest BCUT2D eigenvalue weighted by Crippen LogP contribution is 2.42. The third-order valence-corrected chi connectivity index (χ3v) is 4.76. The number of para-hydroxylation sites is 1. The van der Waals surface area contributed by atoms with Gasteiger partial charge in [-0.3, -0.25) is 0 Å². The van der Waals surface area contributed by atoms with Crippen molar-refractivity contribution in [3.8, 4) is 5.75 Å². The first-order chi connectivity index (χ1) is 9.08. The summed E-state index contributed by atoms with van der Waals surface area (Å²) in [6.07, 6.45) is 0. The van der Waals surface area contributed by atoms with Crippen LogP contribution >= 0.6 is 11.3 Å². The largest absolute Gasteiger partial charge is 0.486 e. The predicted octanol–water partition coefficient (Wildman–Crippen LogP) is 4.06. The number of fused-ring (bicyclic) bond motifs is 1. The molecule has 0 spiro atoms. The van der Waals surface area contributed by atoms with Gasteiger partial charge in [0.1, 0.15) is 11.4 Å². The normalized spacial score (nSPS) is 20.1. The number of ether oxygens (including phenoxy) is 1. The average Bonchev–Trinajstić information content (AvgIpc) is 2.87. The van der Waals surface area contributed by atoms with Crippen molar-refractivity contribution >= 4 is 11.3 Å². The number of nitrogens with one attached hydrogen (secondary N) is 1. The SMILES string of the molecule is Cc1ccsc1CNC1c2ccccc2OC1(C)C. The summed E-state index contributed by atoms with van der Waals surface area (Å²) < 4.78 is 6.05. The Balaban J connectivity index is 1.82. The molecule has 19 heavy (non-hydrogen) atoms. The number of hydrogen-bond acceptors (Lipinski definition) is 3. The highest BCUT2D eigenvalue weighted by atomic mass is 32.1. The first kappa shape index (κ1) is 12.7. The van der Waals surface area contributed by atoms with Crippen molar-refractivity contribution in [3.63, 3.8) is 0 Å². The van der Waals surface area contributed by atoms with Crippen LogP contribution < -0.4 is 10.1 Å². The maximum absolute atomic E-state index is 6.05. The van der Waals surface area contributed by atoms with E-state index in [0.29, 0.717) is 0 Å². The smallest absolute Gasteiger partial charge is 0.125 e. The van der Waals surface area contributed by atoms with Gasteiger partial charge in [-0.2, -0.15) is 0 Å². The molecule has 0 bridgehead atoms. The molecule has 1 N–H and O–H groups in total. The van der Waals surface area contributed by atoms with Crippen molar-refractivity contribution in [2.45, 2.75) is 39.0 Å². The average molecular weight is 273 g/mol. The number of benzene rings is 1. The van der Waals surface area contributed by atoms with Crippen molar-refractivity contribution < 1.29 is 4.74 Å². The highest BCUT2D eigenvalue weighted by Gasteiger charge is 2.40. The molecule has 1 atom stereocenters. The molecule has 1 aliphatic heterocycles. The molecule has 2 nitrogen and oxygen atoms in total. The molecule has 2 aromatic rings. The lowest BCUT2D eigenvalue weighted by Gasteiger charge is -2.27. The molecule has 1 aliphatic rings. The molecule has 1 aromatic carbocycles. The van der Waals surface area contributed by atoms with E-state index in [2.05, 4.69) is 55.7 Å². The van der Waals surface area contributed by atoms with Crippen LogP contribution in [-0.2, 0) is 6.54 Å². The summed E-state index contributed by atoms with van der Waals surface area (Å²) in [7, 11) is 0. The van der Waals surface area contributed by atoms with Crippen molar-refractivity contribution in [3.05, 3.63) is 51.7 Å². The lowest BCUT2D eigenvalue weighted by molar-refractivity contribution is 0.0959. The molecule has 2 heterocycles. The van der Waals surface area contributed by atoms with E-state index < -0.39 is 0 Å². The van der Waals surface area contributed by atoms with Gasteiger partial charge in [0.15, 0.2) is 0 Å². The second-order valence-electron chi connectivity index (χ2n) is 5.58. The maximum Gasteiger partial charge on any atom is 0.125 e. The van der Waals surface area contributed by atoms with Gasteiger partial charge in [0, 0.05) is 17.0 Å². The minimum absolute atomic E-state index is 0.200. The lowest BCUT2D eigenvalue weighted by atomic mass is 9.94. The summed E-state index contributed by atoms with van der Waals surface area (Å²) >= 11 is 1.81. The second kappa shape index (κ2) is 4.66. The van der Waals surface area contributed by atoms with E-state index >= 15 is 0 Å². The quantitative estimate of drug-likeness (QED) is 0.910. The van der Waals surface area contributed by atoms with Gasteiger partial charge in [0.05, 0.1) is 6.04 Å².